The van der Waals surface area contributed by atoms with Crippen LogP contribution in [0.2, 0.25) is 0 Å². The Kier molecular flexibility index (Phi) is 7.47. The molecular weight excluding hydrogens is 296 g/mol. The molecule has 0 unspecified atom stereocenters. The fraction of sp³-hybridized carbons (Fsp3) is 0.429. The SMILES string of the molecule is O=C(OC[C@H](O)CO)c1ccc(C(=O)OC[C@H](O)CO)cc1. The predicted octanol–water partition coefficient (Wildman–Crippen LogP) is -1.29. The second kappa shape index (κ2) is 9.11. The Morgan fingerprint density at radius 2 is 1.14 bits per heavy atom. The van der Waals surface area contributed by atoms with Crippen LogP contribution in [-0.4, -0.2) is 71.0 Å². The number of hydrogen-bond donors (Lipinski definition) is 4. The van der Waals surface area contributed by atoms with Crippen LogP contribution in [0.25, 0.3) is 0 Å². The van der Waals surface area contributed by atoms with Crippen LogP contribution < -0.4 is 0 Å². The minimum atomic E-state index is -1.14. The van der Waals surface area contributed by atoms with Crippen molar-refractivity contribution in [1.82, 2.24) is 0 Å². The van der Waals surface area contributed by atoms with Gasteiger partial charge < -0.3 is 29.9 Å². The zero-order chi connectivity index (χ0) is 16.5. The fourth-order valence-electron chi connectivity index (χ4n) is 1.36. The van der Waals surface area contributed by atoms with Crippen molar-refractivity contribution in [2.75, 3.05) is 26.4 Å². The highest BCUT2D eigenvalue weighted by Gasteiger charge is 2.13. The molecule has 0 heterocycles. The molecule has 8 heteroatoms. The molecule has 122 valence electrons. The fourth-order valence-corrected chi connectivity index (χ4v) is 1.36. The average molecular weight is 314 g/mol. The quantitative estimate of drug-likeness (QED) is 0.435. The summed E-state index contributed by atoms with van der Waals surface area (Å²) in [5, 5.41) is 35.3. The smallest absolute Gasteiger partial charge is 0.338 e. The molecule has 1 rings (SSSR count). The summed E-state index contributed by atoms with van der Waals surface area (Å²) in [5.74, 6) is -1.41. The van der Waals surface area contributed by atoms with Gasteiger partial charge in [-0.05, 0) is 24.3 Å². The Morgan fingerprint density at radius 3 is 1.41 bits per heavy atom. The molecule has 0 aliphatic carbocycles. The summed E-state index contributed by atoms with van der Waals surface area (Å²) in [4.78, 5) is 23.2. The molecule has 0 aliphatic rings. The van der Waals surface area contributed by atoms with Crippen LogP contribution in [0.5, 0.6) is 0 Å². The van der Waals surface area contributed by atoms with E-state index >= 15 is 0 Å². The van der Waals surface area contributed by atoms with Gasteiger partial charge in [0.15, 0.2) is 0 Å². The molecule has 0 amide bonds. The van der Waals surface area contributed by atoms with E-state index in [1.54, 1.807) is 0 Å². The van der Waals surface area contributed by atoms with E-state index in [0.717, 1.165) is 0 Å². The van der Waals surface area contributed by atoms with Gasteiger partial charge in [-0.3, -0.25) is 0 Å². The van der Waals surface area contributed by atoms with Crippen LogP contribution >= 0.6 is 0 Å². The van der Waals surface area contributed by atoms with Crippen LogP contribution in [-0.2, 0) is 9.47 Å². The molecule has 1 aromatic carbocycles. The van der Waals surface area contributed by atoms with Crippen molar-refractivity contribution in [3.05, 3.63) is 35.4 Å². The lowest BCUT2D eigenvalue weighted by Crippen LogP contribution is -2.22. The summed E-state index contributed by atoms with van der Waals surface area (Å²) in [6.07, 6.45) is -2.28. The second-order valence-electron chi connectivity index (χ2n) is 4.45. The van der Waals surface area contributed by atoms with E-state index in [9.17, 15) is 9.59 Å². The van der Waals surface area contributed by atoms with Gasteiger partial charge >= 0.3 is 11.9 Å². The van der Waals surface area contributed by atoms with Crippen molar-refractivity contribution in [3.63, 3.8) is 0 Å². The summed E-state index contributed by atoms with van der Waals surface area (Å²) in [7, 11) is 0. The lowest BCUT2D eigenvalue weighted by Gasteiger charge is -2.10. The predicted molar refractivity (Wildman–Crippen MR) is 73.2 cm³/mol. The first-order valence-corrected chi connectivity index (χ1v) is 6.50. The zero-order valence-corrected chi connectivity index (χ0v) is 11.7. The van der Waals surface area contributed by atoms with Gasteiger partial charge in [-0.15, -0.1) is 0 Å². The summed E-state index contributed by atoms with van der Waals surface area (Å²) in [5.41, 5.74) is 0.328. The first-order valence-electron chi connectivity index (χ1n) is 6.50. The van der Waals surface area contributed by atoms with E-state index < -0.39 is 37.4 Å². The van der Waals surface area contributed by atoms with Crippen LogP contribution in [0.15, 0.2) is 24.3 Å². The maximum Gasteiger partial charge on any atom is 0.338 e. The summed E-state index contributed by atoms with van der Waals surface area (Å²) >= 11 is 0. The first-order chi connectivity index (χ1) is 10.5. The highest BCUT2D eigenvalue weighted by atomic mass is 16.5. The maximum atomic E-state index is 11.6. The van der Waals surface area contributed by atoms with Gasteiger partial charge in [0.2, 0.25) is 0 Å². The number of benzene rings is 1. The zero-order valence-electron chi connectivity index (χ0n) is 11.7. The minimum Gasteiger partial charge on any atom is -0.459 e. The third-order valence-electron chi connectivity index (χ3n) is 2.59. The molecule has 0 radical (unpaired) electrons. The number of carbonyl (C=O) groups excluding carboxylic acids is 2. The molecule has 22 heavy (non-hydrogen) atoms. The standard InChI is InChI=1S/C14H18O8/c15-5-11(17)7-21-13(19)9-1-2-10(4-3-9)14(20)22-8-12(18)6-16/h1-4,11-12,15-18H,5-8H2/t11-,12-/m1/s1. The number of hydrogen-bond acceptors (Lipinski definition) is 8. The van der Waals surface area contributed by atoms with E-state index in [-0.39, 0.29) is 24.3 Å². The molecule has 1 aromatic rings. The van der Waals surface area contributed by atoms with Crippen molar-refractivity contribution < 1.29 is 39.5 Å². The van der Waals surface area contributed by atoms with Gasteiger partial charge in [-0.2, -0.15) is 0 Å². The molecule has 0 aliphatic heterocycles. The molecule has 0 fully saturated rings. The normalized spacial score (nSPS) is 13.3. The number of carbonyl (C=O) groups is 2. The molecule has 4 N–H and O–H groups in total. The molecular formula is C14H18O8. The highest BCUT2D eigenvalue weighted by molar-refractivity contribution is 5.93. The molecule has 0 aromatic heterocycles. The van der Waals surface area contributed by atoms with Gasteiger partial charge in [-0.1, -0.05) is 0 Å². The molecule has 0 spiro atoms. The Morgan fingerprint density at radius 1 is 0.818 bits per heavy atom. The van der Waals surface area contributed by atoms with Crippen molar-refractivity contribution >= 4 is 11.9 Å². The van der Waals surface area contributed by atoms with Crippen LogP contribution in [0.1, 0.15) is 20.7 Å². The van der Waals surface area contributed by atoms with E-state index in [1.807, 2.05) is 0 Å². The monoisotopic (exact) mass is 314 g/mol. The topological polar surface area (TPSA) is 134 Å². The number of esters is 2. The minimum absolute atomic E-state index is 0.164. The number of ether oxygens (including phenoxy) is 2. The second-order valence-corrected chi connectivity index (χ2v) is 4.45. The number of rotatable bonds is 8. The third kappa shape index (κ3) is 5.78. The average Bonchev–Trinajstić information content (AvgIpc) is 2.56. The van der Waals surface area contributed by atoms with Gasteiger partial charge in [-0.25, -0.2) is 9.59 Å². The third-order valence-corrected chi connectivity index (χ3v) is 2.59. The van der Waals surface area contributed by atoms with Gasteiger partial charge in [0.25, 0.3) is 0 Å². The van der Waals surface area contributed by atoms with Crippen LogP contribution in [0.3, 0.4) is 0 Å². The summed E-state index contributed by atoms with van der Waals surface area (Å²) in [6.45, 7) is -1.70. The molecule has 0 saturated heterocycles. The van der Waals surface area contributed by atoms with Crippen molar-refractivity contribution in [2.45, 2.75) is 12.2 Å². The van der Waals surface area contributed by atoms with Crippen molar-refractivity contribution in [2.24, 2.45) is 0 Å². The summed E-state index contributed by atoms with van der Waals surface area (Å²) in [6, 6.07) is 5.36. The Hall–Kier alpha value is -2.00. The molecule has 0 saturated carbocycles. The van der Waals surface area contributed by atoms with Gasteiger partial charge in [0.1, 0.15) is 25.4 Å². The van der Waals surface area contributed by atoms with Crippen LogP contribution in [0, 0.1) is 0 Å². The van der Waals surface area contributed by atoms with Crippen molar-refractivity contribution in [3.8, 4) is 0 Å². The van der Waals surface area contributed by atoms with E-state index in [1.165, 1.54) is 24.3 Å². The Balaban J connectivity index is 2.55. The number of aliphatic hydroxyl groups excluding tert-OH is 4. The number of aliphatic hydroxyl groups is 4. The van der Waals surface area contributed by atoms with Gasteiger partial charge in [0.05, 0.1) is 24.3 Å². The maximum absolute atomic E-state index is 11.6. The molecule has 8 nitrogen and oxygen atoms in total. The lowest BCUT2D eigenvalue weighted by atomic mass is 10.1. The van der Waals surface area contributed by atoms with Crippen molar-refractivity contribution in [1.29, 1.82) is 0 Å². The van der Waals surface area contributed by atoms with Gasteiger partial charge in [0, 0.05) is 0 Å². The first kappa shape index (κ1) is 18.1. The Labute approximate surface area is 126 Å². The van der Waals surface area contributed by atoms with E-state index in [2.05, 4.69) is 0 Å². The summed E-state index contributed by atoms with van der Waals surface area (Å²) < 4.78 is 9.50. The van der Waals surface area contributed by atoms with E-state index in [0.29, 0.717) is 0 Å². The van der Waals surface area contributed by atoms with E-state index in [4.69, 9.17) is 29.9 Å². The molecule has 0 bridgehead atoms. The molecule has 2 atom stereocenters. The lowest BCUT2D eigenvalue weighted by molar-refractivity contribution is 0.00865. The van der Waals surface area contributed by atoms with Crippen LogP contribution in [0.4, 0.5) is 0 Å². The highest BCUT2D eigenvalue weighted by Crippen LogP contribution is 2.08. The largest absolute Gasteiger partial charge is 0.459 e. The Bertz CT molecular complexity index is 439.